The van der Waals surface area contributed by atoms with Crippen LogP contribution in [-0.2, 0) is 20.0 Å². The van der Waals surface area contributed by atoms with Gasteiger partial charge in [-0.3, -0.25) is 14.2 Å². The molecule has 0 saturated carbocycles. The minimum atomic E-state index is -3.90. The molecular formula is C27H25N3O5S2. The predicted molar refractivity (Wildman–Crippen MR) is 145 cm³/mol. The number of amides is 1. The summed E-state index contributed by atoms with van der Waals surface area (Å²) in [6.07, 6.45) is 0. The second kappa shape index (κ2) is 10.5. The number of carbonyl (C=O) groups excluding carboxylic acids is 1. The van der Waals surface area contributed by atoms with Gasteiger partial charge in [0.1, 0.15) is 0 Å². The van der Waals surface area contributed by atoms with Crippen LogP contribution in [-0.4, -0.2) is 22.7 Å². The highest BCUT2D eigenvalue weighted by Crippen LogP contribution is 2.24. The molecule has 0 bridgehead atoms. The van der Waals surface area contributed by atoms with Gasteiger partial charge in [0.25, 0.3) is 26.0 Å². The molecule has 37 heavy (non-hydrogen) atoms. The predicted octanol–water partition coefficient (Wildman–Crippen LogP) is 5.16. The molecule has 8 nitrogen and oxygen atoms in total. The third-order valence-electron chi connectivity index (χ3n) is 5.52. The fourth-order valence-corrected chi connectivity index (χ4v) is 5.85. The van der Waals surface area contributed by atoms with Crippen LogP contribution in [0.3, 0.4) is 0 Å². The van der Waals surface area contributed by atoms with Gasteiger partial charge in [-0.2, -0.15) is 0 Å². The van der Waals surface area contributed by atoms with Crippen molar-refractivity contribution in [1.29, 1.82) is 0 Å². The first-order valence-electron chi connectivity index (χ1n) is 11.2. The third-order valence-corrected chi connectivity index (χ3v) is 8.28. The van der Waals surface area contributed by atoms with Gasteiger partial charge in [0, 0.05) is 5.69 Å². The normalized spacial score (nSPS) is 11.5. The van der Waals surface area contributed by atoms with Crippen molar-refractivity contribution >= 4 is 43.0 Å². The zero-order chi connectivity index (χ0) is 26.6. The van der Waals surface area contributed by atoms with E-state index in [-0.39, 0.29) is 21.0 Å². The van der Waals surface area contributed by atoms with Gasteiger partial charge in [-0.25, -0.2) is 16.8 Å². The van der Waals surface area contributed by atoms with Gasteiger partial charge in [0.2, 0.25) is 0 Å². The fraction of sp³-hybridized carbons (Fsp3) is 0.0741. The summed E-state index contributed by atoms with van der Waals surface area (Å²) in [5.41, 5.74) is 2.87. The smallest absolute Gasteiger partial charge is 0.261 e. The molecule has 0 unspecified atom stereocenters. The number of carbonyl (C=O) groups is 1. The molecule has 3 N–H and O–H groups in total. The summed E-state index contributed by atoms with van der Waals surface area (Å²) in [5, 5.41) is 2.68. The van der Waals surface area contributed by atoms with Crippen molar-refractivity contribution in [2.24, 2.45) is 0 Å². The number of para-hydroxylation sites is 1. The zero-order valence-corrected chi connectivity index (χ0v) is 21.7. The van der Waals surface area contributed by atoms with E-state index in [1.165, 1.54) is 48.5 Å². The number of anilines is 3. The van der Waals surface area contributed by atoms with Crippen LogP contribution in [0.5, 0.6) is 0 Å². The van der Waals surface area contributed by atoms with Gasteiger partial charge in [0.15, 0.2) is 0 Å². The average Bonchev–Trinajstić information content (AvgIpc) is 2.87. The summed E-state index contributed by atoms with van der Waals surface area (Å²) in [6, 6.07) is 25.1. The van der Waals surface area contributed by atoms with Gasteiger partial charge in [0.05, 0.1) is 26.7 Å². The Balaban J connectivity index is 1.50. The molecule has 0 atom stereocenters. The van der Waals surface area contributed by atoms with E-state index in [4.69, 9.17) is 0 Å². The fourth-order valence-electron chi connectivity index (χ4n) is 3.62. The monoisotopic (exact) mass is 535 g/mol. The largest absolute Gasteiger partial charge is 0.322 e. The van der Waals surface area contributed by atoms with Crippen molar-refractivity contribution in [3.63, 3.8) is 0 Å². The molecule has 10 heteroatoms. The summed E-state index contributed by atoms with van der Waals surface area (Å²) >= 11 is 0. The molecule has 0 aliphatic rings. The number of benzene rings is 4. The summed E-state index contributed by atoms with van der Waals surface area (Å²) < 4.78 is 56.1. The highest BCUT2D eigenvalue weighted by Gasteiger charge is 2.19. The lowest BCUT2D eigenvalue weighted by atomic mass is 10.1. The van der Waals surface area contributed by atoms with E-state index in [0.717, 1.165) is 11.1 Å². The van der Waals surface area contributed by atoms with Gasteiger partial charge >= 0.3 is 0 Å². The average molecular weight is 536 g/mol. The van der Waals surface area contributed by atoms with Crippen molar-refractivity contribution in [1.82, 2.24) is 0 Å². The van der Waals surface area contributed by atoms with E-state index in [1.807, 2.05) is 26.0 Å². The Labute approximate surface area is 216 Å². The molecule has 0 saturated heterocycles. The number of sulfonamides is 2. The topological polar surface area (TPSA) is 121 Å². The standard InChI is InChI=1S/C27H25N3O5S2/c1-19-12-17-25(20(2)18-19)29-37(34,35)23-15-13-21(14-16-23)28-27(31)24-10-6-7-11-26(24)30-36(32,33)22-8-4-3-5-9-22/h3-18,29-30H,1-2H3,(H,28,31). The number of aryl methyl sites for hydroxylation is 2. The molecule has 1 amide bonds. The third kappa shape index (κ3) is 6.16. The number of hydrogen-bond donors (Lipinski definition) is 3. The quantitative estimate of drug-likeness (QED) is 0.288. The lowest BCUT2D eigenvalue weighted by Gasteiger charge is -2.14. The number of hydrogen-bond acceptors (Lipinski definition) is 5. The lowest BCUT2D eigenvalue weighted by Crippen LogP contribution is -2.18. The molecule has 4 rings (SSSR count). The van der Waals surface area contributed by atoms with Gasteiger partial charge in [-0.15, -0.1) is 0 Å². The van der Waals surface area contributed by atoms with E-state index < -0.39 is 26.0 Å². The molecule has 0 heterocycles. The first-order chi connectivity index (χ1) is 17.5. The molecule has 4 aromatic rings. The summed E-state index contributed by atoms with van der Waals surface area (Å²) in [6.45, 7) is 3.75. The summed E-state index contributed by atoms with van der Waals surface area (Å²) in [4.78, 5) is 13.1. The second-order valence-corrected chi connectivity index (χ2v) is 11.7. The molecular weight excluding hydrogens is 510 g/mol. The van der Waals surface area contributed by atoms with Crippen LogP contribution in [0.25, 0.3) is 0 Å². The van der Waals surface area contributed by atoms with Crippen LogP contribution < -0.4 is 14.8 Å². The minimum Gasteiger partial charge on any atom is -0.322 e. The van der Waals surface area contributed by atoms with E-state index in [2.05, 4.69) is 14.8 Å². The number of nitrogens with one attached hydrogen (secondary N) is 3. The molecule has 0 radical (unpaired) electrons. The van der Waals surface area contributed by atoms with Crippen LogP contribution in [0.2, 0.25) is 0 Å². The Morgan fingerprint density at radius 2 is 1.19 bits per heavy atom. The first kappa shape index (κ1) is 25.9. The van der Waals surface area contributed by atoms with Crippen LogP contribution >= 0.6 is 0 Å². The van der Waals surface area contributed by atoms with Crippen LogP contribution in [0.15, 0.2) is 107 Å². The second-order valence-electron chi connectivity index (χ2n) is 8.37. The van der Waals surface area contributed by atoms with Crippen LogP contribution in [0, 0.1) is 13.8 Å². The van der Waals surface area contributed by atoms with Crippen LogP contribution in [0.4, 0.5) is 17.1 Å². The first-order valence-corrected chi connectivity index (χ1v) is 14.2. The molecule has 0 fully saturated rings. The van der Waals surface area contributed by atoms with Crippen molar-refractivity contribution in [2.45, 2.75) is 23.6 Å². The van der Waals surface area contributed by atoms with Crippen molar-refractivity contribution in [3.05, 3.63) is 114 Å². The summed E-state index contributed by atoms with van der Waals surface area (Å²) in [7, 11) is -7.74. The van der Waals surface area contributed by atoms with Crippen molar-refractivity contribution < 1.29 is 21.6 Å². The van der Waals surface area contributed by atoms with Gasteiger partial charge in [-0.05, 0) is 74.0 Å². The van der Waals surface area contributed by atoms with Crippen molar-refractivity contribution in [3.8, 4) is 0 Å². The Bertz CT molecular complexity index is 1650. The Kier molecular flexibility index (Phi) is 7.33. The Hall–Kier alpha value is -4.15. The molecule has 0 aromatic heterocycles. The van der Waals surface area contributed by atoms with Gasteiger partial charge in [-0.1, -0.05) is 48.0 Å². The van der Waals surface area contributed by atoms with E-state index in [0.29, 0.717) is 11.4 Å². The zero-order valence-electron chi connectivity index (χ0n) is 20.1. The summed E-state index contributed by atoms with van der Waals surface area (Å²) in [5.74, 6) is -0.560. The number of rotatable bonds is 8. The maximum absolute atomic E-state index is 13.0. The Morgan fingerprint density at radius 1 is 0.622 bits per heavy atom. The lowest BCUT2D eigenvalue weighted by molar-refractivity contribution is 0.102. The molecule has 0 spiro atoms. The highest BCUT2D eigenvalue weighted by atomic mass is 32.2. The SMILES string of the molecule is Cc1ccc(NS(=O)(=O)c2ccc(NC(=O)c3ccccc3NS(=O)(=O)c3ccccc3)cc2)c(C)c1. The van der Waals surface area contributed by atoms with Crippen LogP contribution in [0.1, 0.15) is 21.5 Å². The van der Waals surface area contributed by atoms with Crippen molar-refractivity contribution in [2.75, 3.05) is 14.8 Å². The molecule has 190 valence electrons. The molecule has 4 aromatic carbocycles. The molecule has 0 aliphatic carbocycles. The maximum Gasteiger partial charge on any atom is 0.261 e. The molecule has 0 aliphatic heterocycles. The minimum absolute atomic E-state index is 0.0292. The van der Waals surface area contributed by atoms with E-state index in [9.17, 15) is 21.6 Å². The maximum atomic E-state index is 13.0. The Morgan fingerprint density at radius 3 is 1.84 bits per heavy atom. The van der Waals surface area contributed by atoms with E-state index >= 15 is 0 Å². The van der Waals surface area contributed by atoms with Gasteiger partial charge < -0.3 is 5.32 Å². The highest BCUT2D eigenvalue weighted by molar-refractivity contribution is 7.93. The van der Waals surface area contributed by atoms with E-state index in [1.54, 1.807) is 36.4 Å².